The molecule has 0 aliphatic rings. The quantitative estimate of drug-likeness (QED) is 0.620. The van der Waals surface area contributed by atoms with Crippen LogP contribution in [0.1, 0.15) is 18.9 Å². The molecule has 2 aromatic rings. The van der Waals surface area contributed by atoms with Crippen molar-refractivity contribution in [3.63, 3.8) is 0 Å². The third-order valence-corrected chi connectivity index (χ3v) is 4.43. The van der Waals surface area contributed by atoms with Crippen molar-refractivity contribution in [1.29, 1.82) is 0 Å². The number of rotatable bonds is 7. The first-order valence-electron chi connectivity index (χ1n) is 6.39. The van der Waals surface area contributed by atoms with Gasteiger partial charge in [-0.05, 0) is 24.7 Å². The molecular weight excluding hydrogens is 292 g/mol. The summed E-state index contributed by atoms with van der Waals surface area (Å²) in [5, 5.41) is 13.1. The van der Waals surface area contributed by atoms with Gasteiger partial charge in [-0.2, -0.15) is 0 Å². The molecule has 0 unspecified atom stereocenters. The van der Waals surface area contributed by atoms with Crippen LogP contribution in [0.5, 0.6) is 0 Å². The lowest BCUT2D eigenvalue weighted by molar-refractivity contribution is 0.669. The molecule has 2 aromatic heterocycles. The molecular formula is C12H18N6S2. The highest BCUT2D eigenvalue weighted by atomic mass is 32.2. The molecule has 0 saturated carbocycles. The SMILES string of the molecule is CCCNCc1cnc(Sc2nnc(N(C)C)s2)nc1. The van der Waals surface area contributed by atoms with Crippen LogP contribution in [0.3, 0.4) is 0 Å². The fraction of sp³-hybridized carbons (Fsp3) is 0.500. The molecule has 0 saturated heterocycles. The van der Waals surface area contributed by atoms with Gasteiger partial charge in [0.1, 0.15) is 0 Å². The van der Waals surface area contributed by atoms with Gasteiger partial charge in [-0.1, -0.05) is 18.3 Å². The molecule has 1 N–H and O–H groups in total. The topological polar surface area (TPSA) is 66.8 Å². The van der Waals surface area contributed by atoms with Crippen molar-refractivity contribution in [3.05, 3.63) is 18.0 Å². The second-order valence-corrected chi connectivity index (χ2v) is 6.57. The van der Waals surface area contributed by atoms with Crippen LogP contribution in [-0.4, -0.2) is 40.8 Å². The predicted octanol–water partition coefficient (Wildman–Crippen LogP) is 2.04. The summed E-state index contributed by atoms with van der Waals surface area (Å²) in [6, 6.07) is 0. The van der Waals surface area contributed by atoms with Crippen LogP contribution in [-0.2, 0) is 6.54 Å². The van der Waals surface area contributed by atoms with Gasteiger partial charge in [0.2, 0.25) is 5.13 Å². The van der Waals surface area contributed by atoms with E-state index in [2.05, 4.69) is 32.4 Å². The van der Waals surface area contributed by atoms with E-state index in [1.807, 2.05) is 31.4 Å². The average Bonchev–Trinajstić information content (AvgIpc) is 2.90. The second kappa shape index (κ2) is 7.51. The fourth-order valence-electron chi connectivity index (χ4n) is 1.40. The van der Waals surface area contributed by atoms with Crippen molar-refractivity contribution in [2.45, 2.75) is 29.4 Å². The van der Waals surface area contributed by atoms with E-state index in [0.29, 0.717) is 5.16 Å². The first kappa shape index (κ1) is 15.1. The minimum absolute atomic E-state index is 0.700. The van der Waals surface area contributed by atoms with Crippen LogP contribution in [0.4, 0.5) is 5.13 Å². The van der Waals surface area contributed by atoms with Crippen molar-refractivity contribution in [2.75, 3.05) is 25.5 Å². The number of hydrogen-bond acceptors (Lipinski definition) is 8. The van der Waals surface area contributed by atoms with E-state index in [1.165, 1.54) is 23.1 Å². The molecule has 2 rings (SSSR count). The van der Waals surface area contributed by atoms with Crippen molar-refractivity contribution in [1.82, 2.24) is 25.5 Å². The summed E-state index contributed by atoms with van der Waals surface area (Å²) in [5.74, 6) is 0. The van der Waals surface area contributed by atoms with E-state index in [0.717, 1.165) is 34.5 Å². The molecule has 8 heteroatoms. The summed E-state index contributed by atoms with van der Waals surface area (Å²) in [6.45, 7) is 3.96. The number of hydrogen-bond donors (Lipinski definition) is 1. The number of nitrogens with one attached hydrogen (secondary N) is 1. The standard InChI is InChI=1S/C12H18N6S2/c1-4-5-13-6-9-7-14-10(15-8-9)19-12-17-16-11(20-12)18(2)3/h7-8,13H,4-6H2,1-3H3. The Morgan fingerprint density at radius 1 is 1.25 bits per heavy atom. The van der Waals surface area contributed by atoms with Gasteiger partial charge in [0.05, 0.1) is 0 Å². The van der Waals surface area contributed by atoms with Crippen molar-refractivity contribution in [2.24, 2.45) is 0 Å². The highest BCUT2D eigenvalue weighted by Gasteiger charge is 2.09. The summed E-state index contributed by atoms with van der Waals surface area (Å²) in [7, 11) is 3.90. The largest absolute Gasteiger partial charge is 0.353 e. The smallest absolute Gasteiger partial charge is 0.208 e. The zero-order chi connectivity index (χ0) is 14.4. The average molecular weight is 310 g/mol. The van der Waals surface area contributed by atoms with Gasteiger partial charge in [0.15, 0.2) is 9.50 Å². The normalized spacial score (nSPS) is 10.8. The number of anilines is 1. The second-order valence-electron chi connectivity index (χ2n) is 4.40. The highest BCUT2D eigenvalue weighted by molar-refractivity contribution is 8.00. The van der Waals surface area contributed by atoms with E-state index in [-0.39, 0.29) is 0 Å². The minimum Gasteiger partial charge on any atom is -0.353 e. The highest BCUT2D eigenvalue weighted by Crippen LogP contribution is 2.30. The first-order chi connectivity index (χ1) is 9.69. The lowest BCUT2D eigenvalue weighted by Gasteiger charge is -2.04. The summed E-state index contributed by atoms with van der Waals surface area (Å²) < 4.78 is 0.852. The molecule has 108 valence electrons. The Kier molecular flexibility index (Phi) is 5.69. The van der Waals surface area contributed by atoms with Gasteiger partial charge in [-0.25, -0.2) is 9.97 Å². The Hall–Kier alpha value is -1.25. The molecule has 0 bridgehead atoms. The van der Waals surface area contributed by atoms with E-state index < -0.39 is 0 Å². The van der Waals surface area contributed by atoms with Crippen LogP contribution in [0.15, 0.2) is 21.9 Å². The Balaban J connectivity index is 1.92. The van der Waals surface area contributed by atoms with Crippen LogP contribution >= 0.6 is 23.1 Å². The first-order valence-corrected chi connectivity index (χ1v) is 8.02. The van der Waals surface area contributed by atoms with Gasteiger partial charge in [0, 0.05) is 38.6 Å². The lowest BCUT2D eigenvalue weighted by atomic mass is 10.3. The fourth-order valence-corrected chi connectivity index (χ4v) is 2.96. The maximum atomic E-state index is 4.34. The molecule has 0 fully saturated rings. The lowest BCUT2D eigenvalue weighted by Crippen LogP contribution is -2.14. The Labute approximate surface area is 127 Å². The Bertz CT molecular complexity index is 525. The van der Waals surface area contributed by atoms with Gasteiger partial charge in [-0.3, -0.25) is 0 Å². The minimum atomic E-state index is 0.700. The Morgan fingerprint density at radius 3 is 2.60 bits per heavy atom. The maximum absolute atomic E-state index is 4.34. The zero-order valence-electron chi connectivity index (χ0n) is 11.8. The third-order valence-electron chi connectivity index (χ3n) is 2.39. The van der Waals surface area contributed by atoms with Crippen molar-refractivity contribution < 1.29 is 0 Å². The molecule has 0 aliphatic carbocycles. The van der Waals surface area contributed by atoms with Gasteiger partial charge < -0.3 is 10.2 Å². The van der Waals surface area contributed by atoms with Gasteiger partial charge in [0.25, 0.3) is 0 Å². The maximum Gasteiger partial charge on any atom is 0.208 e. The summed E-state index contributed by atoms with van der Waals surface area (Å²) in [4.78, 5) is 10.6. The van der Waals surface area contributed by atoms with E-state index in [9.17, 15) is 0 Å². The van der Waals surface area contributed by atoms with E-state index in [4.69, 9.17) is 0 Å². The number of aromatic nitrogens is 4. The molecule has 2 heterocycles. The molecule has 0 radical (unpaired) electrons. The number of nitrogens with zero attached hydrogens (tertiary/aromatic N) is 5. The van der Waals surface area contributed by atoms with Crippen LogP contribution in [0.25, 0.3) is 0 Å². The molecule has 0 aromatic carbocycles. The molecule has 20 heavy (non-hydrogen) atoms. The van der Waals surface area contributed by atoms with E-state index >= 15 is 0 Å². The van der Waals surface area contributed by atoms with Crippen molar-refractivity contribution in [3.8, 4) is 0 Å². The third kappa shape index (κ3) is 4.39. The molecule has 0 spiro atoms. The van der Waals surface area contributed by atoms with Gasteiger partial charge in [-0.15, -0.1) is 10.2 Å². The molecule has 0 amide bonds. The molecule has 0 atom stereocenters. The summed E-state index contributed by atoms with van der Waals surface area (Å²) in [5.41, 5.74) is 1.09. The molecule has 0 aliphatic heterocycles. The zero-order valence-corrected chi connectivity index (χ0v) is 13.5. The van der Waals surface area contributed by atoms with Crippen LogP contribution < -0.4 is 10.2 Å². The summed E-state index contributed by atoms with van der Waals surface area (Å²) >= 11 is 2.97. The summed E-state index contributed by atoms with van der Waals surface area (Å²) in [6.07, 6.45) is 4.83. The molecule has 6 nitrogen and oxygen atoms in total. The monoisotopic (exact) mass is 310 g/mol. The van der Waals surface area contributed by atoms with Crippen LogP contribution in [0.2, 0.25) is 0 Å². The Morgan fingerprint density at radius 2 is 2.00 bits per heavy atom. The van der Waals surface area contributed by atoms with E-state index in [1.54, 1.807) is 0 Å². The predicted molar refractivity (Wildman–Crippen MR) is 82.4 cm³/mol. The van der Waals surface area contributed by atoms with Crippen LogP contribution in [0, 0.1) is 0 Å². The van der Waals surface area contributed by atoms with Crippen molar-refractivity contribution >= 4 is 28.2 Å². The van der Waals surface area contributed by atoms with Gasteiger partial charge >= 0.3 is 0 Å².